The molecule has 4 aromatic heterocycles. The average molecular weight is 525 g/mol. The van der Waals surface area contributed by atoms with Crippen molar-refractivity contribution in [1.29, 1.82) is 0 Å². The number of aromatic amines is 2. The van der Waals surface area contributed by atoms with E-state index in [1.165, 1.54) is 12.1 Å². The number of amides is 1. The van der Waals surface area contributed by atoms with Crippen molar-refractivity contribution in [2.75, 3.05) is 5.32 Å². The van der Waals surface area contributed by atoms with Crippen molar-refractivity contribution in [3.05, 3.63) is 121 Å². The maximum atomic E-state index is 13.5. The van der Waals surface area contributed by atoms with Crippen LogP contribution in [0.15, 0.2) is 109 Å². The molecule has 0 radical (unpaired) electrons. The van der Waals surface area contributed by atoms with E-state index >= 15 is 0 Å². The Bertz CT molecular complexity index is 2010. The van der Waals surface area contributed by atoms with Crippen molar-refractivity contribution in [2.24, 2.45) is 0 Å². The summed E-state index contributed by atoms with van der Waals surface area (Å²) in [6, 6.07) is 29.2. The summed E-state index contributed by atoms with van der Waals surface area (Å²) >= 11 is 0. The van der Waals surface area contributed by atoms with Crippen LogP contribution in [-0.2, 0) is 0 Å². The fourth-order valence-corrected chi connectivity index (χ4v) is 4.85. The summed E-state index contributed by atoms with van der Waals surface area (Å²) in [6.45, 7) is 0. The highest BCUT2D eigenvalue weighted by atomic mass is 19.1. The first kappa shape index (κ1) is 23.5. The van der Waals surface area contributed by atoms with Crippen molar-refractivity contribution in [2.45, 2.75) is 0 Å². The van der Waals surface area contributed by atoms with Crippen LogP contribution in [0.5, 0.6) is 0 Å². The van der Waals surface area contributed by atoms with Crippen molar-refractivity contribution in [3.8, 4) is 33.8 Å². The van der Waals surface area contributed by atoms with Crippen LogP contribution in [0.25, 0.3) is 55.7 Å². The molecule has 192 valence electrons. The van der Waals surface area contributed by atoms with Crippen molar-refractivity contribution < 1.29 is 9.18 Å². The molecule has 0 aliphatic carbocycles. The van der Waals surface area contributed by atoms with Crippen LogP contribution in [0.4, 0.5) is 10.1 Å². The van der Waals surface area contributed by atoms with Crippen LogP contribution in [-0.4, -0.2) is 31.1 Å². The summed E-state index contributed by atoms with van der Waals surface area (Å²) in [6.07, 6.45) is 3.32. The first-order chi connectivity index (χ1) is 19.6. The number of hydrogen-bond donors (Lipinski definition) is 3. The molecule has 40 heavy (non-hydrogen) atoms. The molecule has 0 fully saturated rings. The molecule has 1 amide bonds. The lowest BCUT2D eigenvalue weighted by atomic mass is 10.0. The molecule has 0 unspecified atom stereocenters. The number of aromatic nitrogens is 5. The number of carbonyl (C=O) groups excluding carboxylic acids is 1. The third-order valence-corrected chi connectivity index (χ3v) is 6.81. The van der Waals surface area contributed by atoms with Gasteiger partial charge in [0.2, 0.25) is 0 Å². The first-order valence-electron chi connectivity index (χ1n) is 12.7. The molecule has 7 rings (SSSR count). The van der Waals surface area contributed by atoms with E-state index in [4.69, 9.17) is 4.98 Å². The molecule has 0 bridgehead atoms. The van der Waals surface area contributed by atoms with E-state index in [0.717, 1.165) is 38.8 Å². The lowest BCUT2D eigenvalue weighted by Gasteiger charge is -2.07. The minimum atomic E-state index is -0.269. The highest BCUT2D eigenvalue weighted by molar-refractivity contribution is 6.04. The Hall–Kier alpha value is -5.63. The minimum absolute atomic E-state index is 0.209. The summed E-state index contributed by atoms with van der Waals surface area (Å²) in [7, 11) is 0. The van der Waals surface area contributed by atoms with Crippen LogP contribution in [0.2, 0.25) is 0 Å². The Morgan fingerprint density at radius 1 is 0.800 bits per heavy atom. The summed E-state index contributed by atoms with van der Waals surface area (Å²) in [5.41, 5.74) is 8.43. The molecule has 4 heterocycles. The van der Waals surface area contributed by atoms with E-state index in [0.29, 0.717) is 28.2 Å². The fourth-order valence-electron chi connectivity index (χ4n) is 4.85. The Labute approximate surface area is 227 Å². The zero-order valence-corrected chi connectivity index (χ0v) is 21.0. The van der Waals surface area contributed by atoms with Crippen LogP contribution < -0.4 is 5.32 Å². The van der Waals surface area contributed by atoms with Crippen molar-refractivity contribution >= 4 is 33.5 Å². The Kier molecular flexibility index (Phi) is 5.63. The predicted octanol–water partition coefficient (Wildman–Crippen LogP) is 7.23. The molecule has 0 atom stereocenters. The van der Waals surface area contributed by atoms with Gasteiger partial charge in [0, 0.05) is 28.2 Å². The average Bonchev–Trinajstić information content (AvgIpc) is 3.62. The van der Waals surface area contributed by atoms with Gasteiger partial charge in [-0.2, -0.15) is 5.10 Å². The van der Waals surface area contributed by atoms with Crippen molar-refractivity contribution in [1.82, 2.24) is 25.1 Å². The molecule has 0 spiro atoms. The number of pyridine rings is 2. The number of rotatable bonds is 5. The quantitative estimate of drug-likeness (QED) is 0.221. The third kappa shape index (κ3) is 4.27. The predicted molar refractivity (Wildman–Crippen MR) is 154 cm³/mol. The molecule has 7 aromatic rings. The number of nitrogens with one attached hydrogen (secondary N) is 3. The van der Waals surface area contributed by atoms with Gasteiger partial charge in [-0.05, 0) is 65.7 Å². The number of fused-ring (bicyclic) bond motifs is 2. The standard InChI is InChI=1S/C32H21FN6O/c33-22-11-9-19(10-12-22)24-7-4-8-27-25(24)16-29(36-27)31-30-28(38-39-31)14-13-26(37-30)21-15-23(18-34-17-21)35-32(40)20-5-2-1-3-6-20/h1-18,36H,(H,35,40)(H,38,39). The lowest BCUT2D eigenvalue weighted by molar-refractivity contribution is 0.102. The highest BCUT2D eigenvalue weighted by Crippen LogP contribution is 2.34. The molecule has 3 aromatic carbocycles. The number of nitrogens with zero attached hydrogens (tertiary/aromatic N) is 3. The van der Waals surface area contributed by atoms with Crippen LogP contribution in [0.3, 0.4) is 0 Å². The maximum absolute atomic E-state index is 13.5. The van der Waals surface area contributed by atoms with Crippen LogP contribution in [0, 0.1) is 5.82 Å². The van der Waals surface area contributed by atoms with E-state index in [1.54, 1.807) is 36.7 Å². The number of benzene rings is 3. The molecule has 3 N–H and O–H groups in total. The Morgan fingerprint density at radius 3 is 2.50 bits per heavy atom. The molecule has 0 saturated carbocycles. The molecule has 0 aliphatic heterocycles. The van der Waals surface area contributed by atoms with Gasteiger partial charge in [0.25, 0.3) is 5.91 Å². The number of hydrogen-bond acceptors (Lipinski definition) is 4. The van der Waals surface area contributed by atoms with Gasteiger partial charge in [0.15, 0.2) is 0 Å². The molecule has 7 nitrogen and oxygen atoms in total. The third-order valence-electron chi connectivity index (χ3n) is 6.81. The first-order valence-corrected chi connectivity index (χ1v) is 12.7. The van der Waals surface area contributed by atoms with Crippen molar-refractivity contribution in [3.63, 3.8) is 0 Å². The molecule has 0 aliphatic rings. The van der Waals surface area contributed by atoms with E-state index in [1.807, 2.05) is 60.7 Å². The van der Waals surface area contributed by atoms with Gasteiger partial charge < -0.3 is 10.3 Å². The summed E-state index contributed by atoms with van der Waals surface area (Å²) < 4.78 is 13.5. The Morgan fingerprint density at radius 2 is 1.65 bits per heavy atom. The lowest BCUT2D eigenvalue weighted by Crippen LogP contribution is -2.11. The summed E-state index contributed by atoms with van der Waals surface area (Å²) in [4.78, 5) is 25.3. The number of H-pyrrole nitrogens is 2. The molecular formula is C32H21FN6O. The fraction of sp³-hybridized carbons (Fsp3) is 0. The van der Waals surface area contributed by atoms with Gasteiger partial charge in [0.1, 0.15) is 17.0 Å². The second kappa shape index (κ2) is 9.59. The van der Waals surface area contributed by atoms with Gasteiger partial charge >= 0.3 is 0 Å². The number of halogens is 1. The van der Waals surface area contributed by atoms with Crippen LogP contribution >= 0.6 is 0 Å². The minimum Gasteiger partial charge on any atom is -0.353 e. The summed E-state index contributed by atoms with van der Waals surface area (Å²) in [5, 5.41) is 11.5. The van der Waals surface area contributed by atoms with E-state index in [9.17, 15) is 9.18 Å². The maximum Gasteiger partial charge on any atom is 0.255 e. The molecule has 0 saturated heterocycles. The van der Waals surface area contributed by atoms with Gasteiger partial charge in [0.05, 0.1) is 28.8 Å². The van der Waals surface area contributed by atoms with Gasteiger partial charge in [-0.15, -0.1) is 0 Å². The normalized spacial score (nSPS) is 11.2. The van der Waals surface area contributed by atoms with Gasteiger partial charge in [-0.25, -0.2) is 9.37 Å². The second-order valence-corrected chi connectivity index (χ2v) is 9.40. The van der Waals surface area contributed by atoms with E-state index < -0.39 is 0 Å². The summed E-state index contributed by atoms with van der Waals surface area (Å²) in [5.74, 6) is -0.478. The van der Waals surface area contributed by atoms with E-state index in [2.05, 4.69) is 25.5 Å². The molecule has 8 heteroatoms. The zero-order valence-electron chi connectivity index (χ0n) is 21.0. The topological polar surface area (TPSA) is 99.4 Å². The SMILES string of the molecule is O=C(Nc1cncc(-c2ccc3[nH]nc(-c4cc5c(-c6ccc(F)cc6)cccc5[nH]4)c3n2)c1)c1ccccc1. The number of carbonyl (C=O) groups is 1. The monoisotopic (exact) mass is 524 g/mol. The van der Waals surface area contributed by atoms with E-state index in [-0.39, 0.29) is 11.7 Å². The number of anilines is 1. The van der Waals surface area contributed by atoms with Gasteiger partial charge in [-0.1, -0.05) is 42.5 Å². The smallest absolute Gasteiger partial charge is 0.255 e. The Balaban J connectivity index is 1.25. The van der Waals surface area contributed by atoms with Crippen LogP contribution in [0.1, 0.15) is 10.4 Å². The van der Waals surface area contributed by atoms with Gasteiger partial charge in [-0.3, -0.25) is 14.9 Å². The largest absolute Gasteiger partial charge is 0.353 e. The zero-order chi connectivity index (χ0) is 27.1. The highest BCUT2D eigenvalue weighted by Gasteiger charge is 2.16. The molecular weight excluding hydrogens is 503 g/mol. The second-order valence-electron chi connectivity index (χ2n) is 9.40.